The second kappa shape index (κ2) is 8.31. The van der Waals surface area contributed by atoms with Crippen molar-refractivity contribution in [3.63, 3.8) is 0 Å². The summed E-state index contributed by atoms with van der Waals surface area (Å²) in [5, 5.41) is 0. The molecule has 5 heteroatoms. The van der Waals surface area contributed by atoms with E-state index >= 15 is 0 Å². The second-order valence-corrected chi connectivity index (χ2v) is 14.4. The van der Waals surface area contributed by atoms with E-state index in [4.69, 9.17) is 14.2 Å². The molecule has 10 unspecified atom stereocenters. The number of hydrogen-bond donors (Lipinski definition) is 0. The molecule has 0 aromatic carbocycles. The summed E-state index contributed by atoms with van der Waals surface area (Å²) in [5.74, 6) is 4.19. The van der Waals surface area contributed by atoms with Crippen LogP contribution in [0.3, 0.4) is 0 Å². The van der Waals surface area contributed by atoms with Crippen LogP contribution in [0, 0.1) is 52.3 Å². The van der Waals surface area contributed by atoms with Crippen LogP contribution in [-0.4, -0.2) is 36.4 Å². The number of esters is 2. The standard InChI is InChI=1S/C32H44O5/c1-19(2)27(33)36-31(6)15-20-9-10-32(31,16-20)18-35-12-11-29(3,4)28(34)37-30(5)17-23-14-24(30)26-22-8-7-21(13-22)25(23)26/h7-10,20-26H,1,11-18H2,2-6H3. The second-order valence-electron chi connectivity index (χ2n) is 14.4. The van der Waals surface area contributed by atoms with Gasteiger partial charge < -0.3 is 14.2 Å². The maximum Gasteiger partial charge on any atom is 0.333 e. The molecule has 37 heavy (non-hydrogen) atoms. The van der Waals surface area contributed by atoms with Crippen LogP contribution in [0.1, 0.15) is 73.1 Å². The van der Waals surface area contributed by atoms with E-state index in [1.807, 2.05) is 20.8 Å². The molecule has 0 aliphatic heterocycles. The van der Waals surface area contributed by atoms with Gasteiger partial charge in [0.15, 0.2) is 0 Å². The van der Waals surface area contributed by atoms with E-state index in [2.05, 4.69) is 37.8 Å². The summed E-state index contributed by atoms with van der Waals surface area (Å²) in [6.45, 7) is 14.6. The van der Waals surface area contributed by atoms with Crippen molar-refractivity contribution in [3.05, 3.63) is 36.5 Å². The summed E-state index contributed by atoms with van der Waals surface area (Å²) in [7, 11) is 0. The Labute approximate surface area is 222 Å². The van der Waals surface area contributed by atoms with Crippen LogP contribution in [-0.2, 0) is 23.8 Å². The molecule has 0 spiro atoms. The van der Waals surface area contributed by atoms with Crippen molar-refractivity contribution in [2.24, 2.45) is 52.3 Å². The highest BCUT2D eigenvalue weighted by atomic mass is 16.6. The van der Waals surface area contributed by atoms with Crippen LogP contribution in [0.5, 0.6) is 0 Å². The lowest BCUT2D eigenvalue weighted by molar-refractivity contribution is -0.180. The molecule has 0 N–H and O–H groups in total. The minimum atomic E-state index is -0.615. The van der Waals surface area contributed by atoms with E-state index in [9.17, 15) is 9.59 Å². The van der Waals surface area contributed by atoms with Gasteiger partial charge in [-0.25, -0.2) is 4.79 Å². The zero-order valence-corrected chi connectivity index (χ0v) is 23.3. The predicted octanol–water partition coefficient (Wildman–Crippen LogP) is 6.04. The molecular weight excluding hydrogens is 464 g/mol. The van der Waals surface area contributed by atoms with Crippen molar-refractivity contribution in [3.8, 4) is 0 Å². The number of carbonyl (C=O) groups is 2. The Morgan fingerprint density at radius 2 is 1.73 bits per heavy atom. The Balaban J connectivity index is 1.03. The molecule has 6 rings (SSSR count). The summed E-state index contributed by atoms with van der Waals surface area (Å²) >= 11 is 0. The topological polar surface area (TPSA) is 61.8 Å². The van der Waals surface area contributed by atoms with Gasteiger partial charge in [-0.15, -0.1) is 0 Å². The Morgan fingerprint density at radius 3 is 2.43 bits per heavy atom. The van der Waals surface area contributed by atoms with E-state index < -0.39 is 11.0 Å². The van der Waals surface area contributed by atoms with Gasteiger partial charge in [0, 0.05) is 18.1 Å². The molecule has 10 atom stereocenters. The predicted molar refractivity (Wildman–Crippen MR) is 141 cm³/mol. The monoisotopic (exact) mass is 508 g/mol. The van der Waals surface area contributed by atoms with E-state index in [-0.39, 0.29) is 23.0 Å². The molecule has 202 valence electrons. The third-order valence-electron chi connectivity index (χ3n) is 11.4. The van der Waals surface area contributed by atoms with Gasteiger partial charge in [0.05, 0.1) is 17.4 Å². The van der Waals surface area contributed by atoms with Crippen molar-refractivity contribution >= 4 is 11.9 Å². The highest BCUT2D eigenvalue weighted by Crippen LogP contribution is 2.68. The lowest BCUT2D eigenvalue weighted by Crippen LogP contribution is -2.48. The molecule has 0 saturated heterocycles. The number of rotatable bonds is 9. The summed E-state index contributed by atoms with van der Waals surface area (Å²) < 4.78 is 18.6. The number of allylic oxidation sites excluding steroid dienone is 3. The van der Waals surface area contributed by atoms with E-state index in [1.165, 1.54) is 12.8 Å². The molecule has 4 saturated carbocycles. The first-order valence-electron chi connectivity index (χ1n) is 14.4. The molecule has 0 heterocycles. The highest BCUT2D eigenvalue weighted by Gasteiger charge is 2.66. The molecule has 0 amide bonds. The first-order valence-corrected chi connectivity index (χ1v) is 14.4. The minimum Gasteiger partial charge on any atom is -0.459 e. The van der Waals surface area contributed by atoms with Crippen LogP contribution >= 0.6 is 0 Å². The normalized spacial score (nSPS) is 46.0. The molecule has 0 radical (unpaired) electrons. The summed E-state index contributed by atoms with van der Waals surface area (Å²) in [6.07, 6.45) is 15.2. The Hall–Kier alpha value is -1.88. The van der Waals surface area contributed by atoms with Gasteiger partial charge in [0.2, 0.25) is 0 Å². The summed E-state index contributed by atoms with van der Waals surface area (Å²) in [4.78, 5) is 25.8. The summed E-state index contributed by atoms with van der Waals surface area (Å²) in [6, 6.07) is 0. The number of carbonyl (C=O) groups excluding carboxylic acids is 2. The third kappa shape index (κ3) is 3.81. The van der Waals surface area contributed by atoms with Crippen molar-refractivity contribution in [1.82, 2.24) is 0 Å². The number of fused-ring (bicyclic) bond motifs is 11. The Bertz CT molecular complexity index is 1070. The van der Waals surface area contributed by atoms with Crippen molar-refractivity contribution in [2.45, 2.75) is 84.3 Å². The number of ether oxygens (including phenoxy) is 3. The molecule has 6 bridgehead atoms. The van der Waals surface area contributed by atoms with E-state index in [0.29, 0.717) is 54.8 Å². The third-order valence-corrected chi connectivity index (χ3v) is 11.4. The van der Waals surface area contributed by atoms with Crippen LogP contribution in [0.2, 0.25) is 0 Å². The van der Waals surface area contributed by atoms with Crippen molar-refractivity contribution in [1.29, 1.82) is 0 Å². The van der Waals surface area contributed by atoms with Gasteiger partial charge in [-0.2, -0.15) is 0 Å². The zero-order chi connectivity index (χ0) is 26.4. The van der Waals surface area contributed by atoms with Crippen LogP contribution in [0.15, 0.2) is 36.5 Å². The molecule has 6 aliphatic rings. The van der Waals surface area contributed by atoms with Gasteiger partial charge >= 0.3 is 11.9 Å². The molecule has 6 aliphatic carbocycles. The van der Waals surface area contributed by atoms with Crippen LogP contribution < -0.4 is 0 Å². The average Bonchev–Trinajstić information content (AvgIpc) is 3.63. The molecule has 0 aromatic heterocycles. The largest absolute Gasteiger partial charge is 0.459 e. The molecule has 5 nitrogen and oxygen atoms in total. The van der Waals surface area contributed by atoms with Gasteiger partial charge in [-0.3, -0.25) is 4.79 Å². The van der Waals surface area contributed by atoms with Crippen molar-refractivity contribution in [2.75, 3.05) is 13.2 Å². The lowest BCUT2D eigenvalue weighted by atomic mass is 9.68. The SMILES string of the molecule is C=C(C)C(=O)OC1(C)CC2C=CC1(COCCC(C)(C)C(=O)OC1(C)CC3CC1C1C4C=CC(C4)C31)C2. The first kappa shape index (κ1) is 25.4. The maximum atomic E-state index is 13.5. The fourth-order valence-electron chi connectivity index (χ4n) is 9.32. The maximum absolute atomic E-state index is 13.5. The van der Waals surface area contributed by atoms with Crippen LogP contribution in [0.4, 0.5) is 0 Å². The van der Waals surface area contributed by atoms with Gasteiger partial charge in [0.1, 0.15) is 11.2 Å². The first-order chi connectivity index (χ1) is 17.4. The lowest BCUT2D eigenvalue weighted by Gasteiger charge is -2.44. The van der Waals surface area contributed by atoms with Gasteiger partial charge in [-0.1, -0.05) is 30.9 Å². The average molecular weight is 509 g/mol. The molecular formula is C32H44O5. The fourth-order valence-corrected chi connectivity index (χ4v) is 9.32. The summed E-state index contributed by atoms with van der Waals surface area (Å²) in [5.41, 5.74) is -1.45. The highest BCUT2D eigenvalue weighted by molar-refractivity contribution is 5.87. The Morgan fingerprint density at radius 1 is 1.00 bits per heavy atom. The quantitative estimate of drug-likeness (QED) is 0.125. The van der Waals surface area contributed by atoms with Gasteiger partial charge in [0.25, 0.3) is 0 Å². The Kier molecular flexibility index (Phi) is 5.70. The molecule has 0 aromatic rings. The van der Waals surface area contributed by atoms with Crippen molar-refractivity contribution < 1.29 is 23.8 Å². The van der Waals surface area contributed by atoms with Gasteiger partial charge in [-0.05, 0) is 109 Å². The van der Waals surface area contributed by atoms with E-state index in [0.717, 1.165) is 31.1 Å². The minimum absolute atomic E-state index is 0.0959. The molecule has 4 fully saturated rings. The fraction of sp³-hybridized carbons (Fsp3) is 0.750. The zero-order valence-electron chi connectivity index (χ0n) is 23.3. The van der Waals surface area contributed by atoms with E-state index in [1.54, 1.807) is 6.92 Å². The smallest absolute Gasteiger partial charge is 0.333 e. The van der Waals surface area contributed by atoms with Crippen LogP contribution in [0.25, 0.3) is 0 Å². The number of hydrogen-bond acceptors (Lipinski definition) is 5.